The number of amides is 1. The van der Waals surface area contributed by atoms with Crippen LogP contribution in [0.15, 0.2) is 40.2 Å². The third-order valence-electron chi connectivity index (χ3n) is 5.67. The Bertz CT molecular complexity index is 793. The molecule has 1 amide bonds. The number of β-amino-alcohol motifs (C(OH)–C–C–N with tert-alkyl or cyclic N) is 1. The van der Waals surface area contributed by atoms with Crippen LogP contribution in [0.2, 0.25) is 0 Å². The van der Waals surface area contributed by atoms with Gasteiger partial charge in [0, 0.05) is 38.6 Å². The van der Waals surface area contributed by atoms with Crippen LogP contribution in [0.1, 0.15) is 35.6 Å². The lowest BCUT2D eigenvalue weighted by molar-refractivity contribution is -0.0290. The smallest absolute Gasteiger partial charge is 0.289 e. The van der Waals surface area contributed by atoms with Crippen LogP contribution >= 0.6 is 11.8 Å². The van der Waals surface area contributed by atoms with Crippen molar-refractivity contribution < 1.29 is 14.3 Å². The summed E-state index contributed by atoms with van der Waals surface area (Å²) in [6, 6.07) is 5.39. The number of aliphatic hydroxyl groups is 1. The number of furan rings is 1. The third-order valence-corrected chi connectivity index (χ3v) is 6.56. The fourth-order valence-electron chi connectivity index (χ4n) is 4.39. The molecule has 0 saturated carbocycles. The largest absolute Gasteiger partial charge is 0.455 e. The topological polar surface area (TPSA) is 82.7 Å². The summed E-state index contributed by atoms with van der Waals surface area (Å²) in [7, 11) is 2.06. The molecule has 7 nitrogen and oxygen atoms in total. The Morgan fingerprint density at radius 3 is 2.79 bits per heavy atom. The van der Waals surface area contributed by atoms with Crippen molar-refractivity contribution in [1.82, 2.24) is 19.8 Å². The van der Waals surface area contributed by atoms with Crippen molar-refractivity contribution in [1.29, 1.82) is 0 Å². The van der Waals surface area contributed by atoms with E-state index in [2.05, 4.69) is 21.9 Å². The standard InChI is InChI=1S/C20H26N4O3S/c1-23-12-15(25)11-20(14-23)5-9-24(10-6-20)18(26)17-4-3-16(27-17)13-28-19-21-7-2-8-22-19/h2-4,7-8,15,25H,5-6,9-14H2,1H3. The average Bonchev–Trinajstić information content (AvgIpc) is 3.15. The summed E-state index contributed by atoms with van der Waals surface area (Å²) in [4.78, 5) is 25.3. The fourth-order valence-corrected chi connectivity index (χ4v) is 5.09. The van der Waals surface area contributed by atoms with Crippen molar-refractivity contribution in [2.24, 2.45) is 5.41 Å². The predicted octanol–water partition coefficient (Wildman–Crippen LogP) is 2.28. The second-order valence-corrected chi connectivity index (χ2v) is 8.88. The molecule has 2 saturated heterocycles. The number of likely N-dealkylation sites (tertiary alicyclic amines) is 2. The van der Waals surface area contributed by atoms with Gasteiger partial charge in [-0.1, -0.05) is 11.8 Å². The second kappa shape index (κ2) is 8.23. The number of aliphatic hydroxyl groups excluding tert-OH is 1. The highest BCUT2D eigenvalue weighted by molar-refractivity contribution is 7.98. The molecule has 0 aromatic carbocycles. The molecule has 1 N–H and O–H groups in total. The Hall–Kier alpha value is -1.90. The molecule has 2 aromatic rings. The van der Waals surface area contributed by atoms with Crippen LogP contribution in [0, 0.1) is 5.41 Å². The quantitative estimate of drug-likeness (QED) is 0.620. The lowest BCUT2D eigenvalue weighted by atomic mass is 9.71. The number of piperidine rings is 2. The average molecular weight is 403 g/mol. The van der Waals surface area contributed by atoms with E-state index in [4.69, 9.17) is 4.42 Å². The van der Waals surface area contributed by atoms with Crippen molar-refractivity contribution in [2.45, 2.75) is 36.3 Å². The van der Waals surface area contributed by atoms with E-state index in [0.29, 0.717) is 29.8 Å². The van der Waals surface area contributed by atoms with Crippen LogP contribution < -0.4 is 0 Å². The van der Waals surface area contributed by atoms with Gasteiger partial charge in [0.2, 0.25) is 0 Å². The Morgan fingerprint density at radius 1 is 1.32 bits per heavy atom. The summed E-state index contributed by atoms with van der Waals surface area (Å²) in [6.45, 7) is 3.16. The van der Waals surface area contributed by atoms with Crippen LogP contribution in [0.3, 0.4) is 0 Å². The maximum absolute atomic E-state index is 12.8. The van der Waals surface area contributed by atoms with Crippen LogP contribution in [0.4, 0.5) is 0 Å². The Morgan fingerprint density at radius 2 is 2.07 bits per heavy atom. The number of likely N-dealkylation sites (N-methyl/N-ethyl adjacent to an activating group) is 1. The molecule has 2 aliphatic heterocycles. The predicted molar refractivity (Wildman–Crippen MR) is 106 cm³/mol. The van der Waals surface area contributed by atoms with Gasteiger partial charge in [-0.2, -0.15) is 0 Å². The van der Waals surface area contributed by atoms with E-state index in [1.807, 2.05) is 11.0 Å². The van der Waals surface area contributed by atoms with Crippen molar-refractivity contribution in [3.63, 3.8) is 0 Å². The van der Waals surface area contributed by atoms with Crippen LogP contribution in [0.25, 0.3) is 0 Å². The van der Waals surface area contributed by atoms with Gasteiger partial charge in [-0.3, -0.25) is 4.79 Å². The minimum absolute atomic E-state index is 0.0493. The van der Waals surface area contributed by atoms with E-state index < -0.39 is 0 Å². The molecular formula is C20H26N4O3S. The Labute approximate surface area is 169 Å². The van der Waals surface area contributed by atoms with E-state index in [9.17, 15) is 9.90 Å². The maximum Gasteiger partial charge on any atom is 0.289 e. The first kappa shape index (κ1) is 19.4. The molecule has 150 valence electrons. The molecule has 1 atom stereocenters. The SMILES string of the molecule is CN1CC(O)CC2(CCN(C(=O)c3ccc(CSc4ncccn4)o3)CC2)C1. The first-order valence-electron chi connectivity index (χ1n) is 9.67. The van der Waals surface area contributed by atoms with Gasteiger partial charge in [-0.15, -0.1) is 0 Å². The minimum Gasteiger partial charge on any atom is -0.455 e. The number of hydrogen-bond acceptors (Lipinski definition) is 7. The van der Waals surface area contributed by atoms with E-state index in [1.165, 1.54) is 11.8 Å². The van der Waals surface area contributed by atoms with E-state index >= 15 is 0 Å². The first-order chi connectivity index (χ1) is 13.5. The zero-order valence-corrected chi connectivity index (χ0v) is 16.9. The second-order valence-electron chi connectivity index (χ2n) is 7.93. The lowest BCUT2D eigenvalue weighted by Gasteiger charge is -2.48. The number of carbonyl (C=O) groups excluding carboxylic acids is 1. The molecule has 0 bridgehead atoms. The highest BCUT2D eigenvalue weighted by Gasteiger charge is 2.41. The summed E-state index contributed by atoms with van der Waals surface area (Å²) < 4.78 is 5.78. The highest BCUT2D eigenvalue weighted by Crippen LogP contribution is 2.39. The lowest BCUT2D eigenvalue weighted by Crippen LogP contribution is -2.53. The van der Waals surface area contributed by atoms with E-state index in [0.717, 1.165) is 38.1 Å². The molecular weight excluding hydrogens is 376 g/mol. The number of nitrogens with zero attached hydrogens (tertiary/aromatic N) is 4. The Kier molecular flexibility index (Phi) is 5.70. The van der Waals surface area contributed by atoms with Gasteiger partial charge in [0.15, 0.2) is 10.9 Å². The van der Waals surface area contributed by atoms with Gasteiger partial charge >= 0.3 is 0 Å². The summed E-state index contributed by atoms with van der Waals surface area (Å²) in [5, 5.41) is 10.8. The zero-order chi connectivity index (χ0) is 19.6. The van der Waals surface area contributed by atoms with Crippen molar-refractivity contribution in [3.05, 3.63) is 42.1 Å². The monoisotopic (exact) mass is 402 g/mol. The molecule has 2 fully saturated rings. The summed E-state index contributed by atoms with van der Waals surface area (Å²) in [5.41, 5.74) is 0.129. The van der Waals surface area contributed by atoms with Crippen LogP contribution in [-0.2, 0) is 5.75 Å². The molecule has 28 heavy (non-hydrogen) atoms. The summed E-state index contributed by atoms with van der Waals surface area (Å²) >= 11 is 1.48. The summed E-state index contributed by atoms with van der Waals surface area (Å²) in [6.07, 6.45) is 5.84. The summed E-state index contributed by atoms with van der Waals surface area (Å²) in [5.74, 6) is 1.67. The van der Waals surface area contributed by atoms with Gasteiger partial charge in [0.1, 0.15) is 5.76 Å². The van der Waals surface area contributed by atoms with Crippen molar-refractivity contribution in [2.75, 3.05) is 33.2 Å². The van der Waals surface area contributed by atoms with Gasteiger partial charge < -0.3 is 19.3 Å². The number of carbonyl (C=O) groups is 1. The van der Waals surface area contributed by atoms with Crippen molar-refractivity contribution in [3.8, 4) is 0 Å². The fraction of sp³-hybridized carbons (Fsp3) is 0.550. The van der Waals surface area contributed by atoms with Gasteiger partial charge in [0.05, 0.1) is 11.9 Å². The molecule has 1 spiro atoms. The van der Waals surface area contributed by atoms with Gasteiger partial charge in [0.25, 0.3) is 5.91 Å². The molecule has 8 heteroatoms. The van der Waals surface area contributed by atoms with Gasteiger partial charge in [-0.25, -0.2) is 9.97 Å². The molecule has 2 aromatic heterocycles. The molecule has 1 unspecified atom stereocenters. The molecule has 0 radical (unpaired) electrons. The minimum atomic E-state index is -0.264. The van der Waals surface area contributed by atoms with Crippen molar-refractivity contribution >= 4 is 17.7 Å². The third kappa shape index (κ3) is 4.39. The highest BCUT2D eigenvalue weighted by atomic mass is 32.2. The van der Waals surface area contributed by atoms with Crippen LogP contribution in [0.5, 0.6) is 0 Å². The van der Waals surface area contributed by atoms with E-state index in [-0.39, 0.29) is 17.4 Å². The molecule has 0 aliphatic carbocycles. The molecule has 4 rings (SSSR count). The number of thioether (sulfide) groups is 1. The van der Waals surface area contributed by atoms with E-state index in [1.54, 1.807) is 24.5 Å². The first-order valence-corrected chi connectivity index (χ1v) is 10.7. The Balaban J connectivity index is 1.32. The van der Waals surface area contributed by atoms with Gasteiger partial charge in [-0.05, 0) is 49.9 Å². The number of aromatic nitrogens is 2. The van der Waals surface area contributed by atoms with Crippen LogP contribution in [-0.4, -0.2) is 70.1 Å². The number of hydrogen-bond donors (Lipinski definition) is 1. The molecule has 4 heterocycles. The normalized spacial score (nSPS) is 22.5. The molecule has 2 aliphatic rings. The maximum atomic E-state index is 12.8. The zero-order valence-electron chi connectivity index (χ0n) is 16.1. The number of rotatable bonds is 4.